The van der Waals surface area contributed by atoms with E-state index in [1.54, 1.807) is 0 Å². The average Bonchev–Trinajstić information content (AvgIpc) is 3.37. The van der Waals surface area contributed by atoms with Gasteiger partial charge in [-0.2, -0.15) is 0 Å². The first-order chi connectivity index (χ1) is 16.3. The lowest BCUT2D eigenvalue weighted by Gasteiger charge is -2.10. The summed E-state index contributed by atoms with van der Waals surface area (Å²) in [5, 5.41) is 5.74. The summed E-state index contributed by atoms with van der Waals surface area (Å²) in [7, 11) is 0. The molecular weight excluding hydrogens is 424 g/mol. The molecule has 0 unspecified atom stereocenters. The number of nitrogens with zero attached hydrogens (tertiary/aromatic N) is 2. The second kappa shape index (κ2) is 6.99. The van der Waals surface area contributed by atoms with Gasteiger partial charge >= 0.3 is 0 Å². The Morgan fingerprint density at radius 1 is 0.394 bits per heavy atom. The topological polar surface area (TPSA) is 9.86 Å². The summed E-state index contributed by atoms with van der Waals surface area (Å²) in [5.74, 6) is 0. The van der Waals surface area contributed by atoms with Gasteiger partial charge in [0.1, 0.15) is 0 Å². The van der Waals surface area contributed by atoms with Crippen LogP contribution in [0.3, 0.4) is 0 Å². The smallest absolute Gasteiger partial charge is 0.0542 e. The van der Waals surface area contributed by atoms with E-state index in [1.807, 2.05) is 18.2 Å². The number of aromatic nitrogens is 2. The SMILES string of the molecule is Clc1cccc(-n2c3ccccc3c3cc(-n4c5ccccc5c5ccccc54)ccc32)c1. The molecule has 0 fully saturated rings. The molecule has 33 heavy (non-hydrogen) atoms. The van der Waals surface area contributed by atoms with Crippen molar-refractivity contribution in [2.24, 2.45) is 0 Å². The Hall–Kier alpha value is -4.01. The molecule has 2 nitrogen and oxygen atoms in total. The van der Waals surface area contributed by atoms with E-state index >= 15 is 0 Å². The molecule has 0 radical (unpaired) electrons. The first-order valence-corrected chi connectivity index (χ1v) is 11.5. The maximum absolute atomic E-state index is 6.35. The molecule has 0 saturated carbocycles. The van der Waals surface area contributed by atoms with Crippen molar-refractivity contribution in [3.05, 3.63) is 120 Å². The van der Waals surface area contributed by atoms with Gasteiger partial charge in [0.2, 0.25) is 0 Å². The predicted octanol–water partition coefficient (Wildman–Crippen LogP) is 8.53. The fraction of sp³-hybridized carbons (Fsp3) is 0. The van der Waals surface area contributed by atoms with Crippen LogP contribution in [0.4, 0.5) is 0 Å². The Labute approximate surface area is 195 Å². The lowest BCUT2D eigenvalue weighted by Crippen LogP contribution is -1.95. The highest BCUT2D eigenvalue weighted by Crippen LogP contribution is 2.36. The molecule has 0 aliphatic carbocycles. The number of benzene rings is 5. The lowest BCUT2D eigenvalue weighted by molar-refractivity contribution is 1.17. The highest BCUT2D eigenvalue weighted by Gasteiger charge is 2.16. The van der Waals surface area contributed by atoms with Crippen LogP contribution >= 0.6 is 11.6 Å². The van der Waals surface area contributed by atoms with Gasteiger partial charge in [-0.05, 0) is 54.6 Å². The molecule has 0 saturated heterocycles. The van der Waals surface area contributed by atoms with Crippen LogP contribution in [0.5, 0.6) is 0 Å². The number of halogens is 1. The molecule has 156 valence electrons. The minimum atomic E-state index is 0.736. The minimum absolute atomic E-state index is 0.736. The normalized spacial score (nSPS) is 11.8. The molecular formula is C30H19ClN2. The average molecular weight is 443 g/mol. The predicted molar refractivity (Wildman–Crippen MR) is 140 cm³/mol. The summed E-state index contributed by atoms with van der Waals surface area (Å²) >= 11 is 6.35. The number of para-hydroxylation sites is 3. The van der Waals surface area contributed by atoms with Gasteiger partial charge in [-0.3, -0.25) is 0 Å². The number of fused-ring (bicyclic) bond motifs is 6. The molecule has 0 atom stereocenters. The summed E-state index contributed by atoms with van der Waals surface area (Å²) in [5.41, 5.74) is 7.01. The van der Waals surface area contributed by atoms with Gasteiger partial charge in [0, 0.05) is 37.9 Å². The van der Waals surface area contributed by atoms with Gasteiger partial charge in [-0.1, -0.05) is 72.3 Å². The number of hydrogen-bond donors (Lipinski definition) is 0. The molecule has 0 bridgehead atoms. The zero-order valence-electron chi connectivity index (χ0n) is 17.7. The van der Waals surface area contributed by atoms with Crippen LogP contribution in [0.2, 0.25) is 5.02 Å². The van der Waals surface area contributed by atoms with Gasteiger partial charge in [0.05, 0.1) is 22.1 Å². The van der Waals surface area contributed by atoms with Crippen molar-refractivity contribution in [1.82, 2.24) is 9.13 Å². The minimum Gasteiger partial charge on any atom is -0.309 e. The highest BCUT2D eigenvalue weighted by atomic mass is 35.5. The van der Waals surface area contributed by atoms with E-state index in [1.165, 1.54) is 43.6 Å². The summed E-state index contributed by atoms with van der Waals surface area (Å²) < 4.78 is 4.67. The maximum atomic E-state index is 6.35. The van der Waals surface area contributed by atoms with Gasteiger partial charge < -0.3 is 9.13 Å². The molecule has 2 aromatic heterocycles. The second-order valence-corrected chi connectivity index (χ2v) is 8.84. The Morgan fingerprint density at radius 3 is 1.45 bits per heavy atom. The number of hydrogen-bond acceptors (Lipinski definition) is 0. The van der Waals surface area contributed by atoms with E-state index in [9.17, 15) is 0 Å². The largest absolute Gasteiger partial charge is 0.309 e. The van der Waals surface area contributed by atoms with Crippen molar-refractivity contribution in [2.75, 3.05) is 0 Å². The van der Waals surface area contributed by atoms with E-state index in [2.05, 4.69) is 106 Å². The standard InChI is InChI=1S/C30H19ClN2/c31-20-8-7-9-21(18-20)32-29-15-6-3-12-25(29)26-19-22(16-17-30(26)32)33-27-13-4-1-10-23(27)24-11-2-5-14-28(24)33/h1-19H. The molecule has 5 aromatic carbocycles. The Kier molecular flexibility index (Phi) is 3.93. The number of rotatable bonds is 2. The Bertz CT molecular complexity index is 1780. The lowest BCUT2D eigenvalue weighted by atomic mass is 10.1. The van der Waals surface area contributed by atoms with Crippen molar-refractivity contribution in [1.29, 1.82) is 0 Å². The van der Waals surface area contributed by atoms with Gasteiger partial charge in [-0.15, -0.1) is 0 Å². The molecule has 0 N–H and O–H groups in total. The van der Waals surface area contributed by atoms with Crippen LogP contribution in [0.25, 0.3) is 55.0 Å². The van der Waals surface area contributed by atoms with Crippen molar-refractivity contribution in [3.63, 3.8) is 0 Å². The fourth-order valence-corrected chi connectivity index (χ4v) is 5.38. The zero-order chi connectivity index (χ0) is 21.9. The third kappa shape index (κ3) is 2.68. The van der Waals surface area contributed by atoms with Gasteiger partial charge in [0.15, 0.2) is 0 Å². The Morgan fingerprint density at radius 2 is 0.879 bits per heavy atom. The van der Waals surface area contributed by atoms with Crippen LogP contribution in [-0.4, -0.2) is 9.13 Å². The van der Waals surface area contributed by atoms with Crippen LogP contribution in [0.1, 0.15) is 0 Å². The molecule has 7 aromatic rings. The first-order valence-electron chi connectivity index (χ1n) is 11.1. The molecule has 0 aliphatic rings. The maximum Gasteiger partial charge on any atom is 0.0542 e. The van der Waals surface area contributed by atoms with Crippen molar-refractivity contribution in [2.45, 2.75) is 0 Å². The monoisotopic (exact) mass is 442 g/mol. The van der Waals surface area contributed by atoms with E-state index < -0.39 is 0 Å². The zero-order valence-corrected chi connectivity index (χ0v) is 18.5. The van der Waals surface area contributed by atoms with Crippen molar-refractivity contribution >= 4 is 55.2 Å². The summed E-state index contributed by atoms with van der Waals surface area (Å²) in [6.07, 6.45) is 0. The molecule has 0 amide bonds. The second-order valence-electron chi connectivity index (χ2n) is 8.40. The van der Waals surface area contributed by atoms with E-state index in [4.69, 9.17) is 11.6 Å². The van der Waals surface area contributed by atoms with Crippen molar-refractivity contribution < 1.29 is 0 Å². The van der Waals surface area contributed by atoms with Gasteiger partial charge in [-0.25, -0.2) is 0 Å². The molecule has 0 spiro atoms. The van der Waals surface area contributed by atoms with E-state index in [0.29, 0.717) is 0 Å². The van der Waals surface area contributed by atoms with E-state index in [-0.39, 0.29) is 0 Å². The highest BCUT2D eigenvalue weighted by molar-refractivity contribution is 6.30. The third-order valence-electron chi connectivity index (χ3n) is 6.56. The Balaban J connectivity index is 1.58. The van der Waals surface area contributed by atoms with Crippen molar-refractivity contribution in [3.8, 4) is 11.4 Å². The molecule has 2 heterocycles. The summed E-state index contributed by atoms with van der Waals surface area (Å²) in [6.45, 7) is 0. The van der Waals surface area contributed by atoms with Crippen LogP contribution < -0.4 is 0 Å². The summed E-state index contributed by atoms with van der Waals surface area (Å²) in [4.78, 5) is 0. The summed E-state index contributed by atoms with van der Waals surface area (Å²) in [6, 6.07) is 40.7. The van der Waals surface area contributed by atoms with Crippen LogP contribution in [0.15, 0.2) is 115 Å². The quantitative estimate of drug-likeness (QED) is 0.254. The molecule has 3 heteroatoms. The first kappa shape index (κ1) is 18.6. The van der Waals surface area contributed by atoms with Gasteiger partial charge in [0.25, 0.3) is 0 Å². The fourth-order valence-electron chi connectivity index (χ4n) is 5.19. The van der Waals surface area contributed by atoms with Crippen LogP contribution in [0, 0.1) is 0 Å². The molecule has 0 aliphatic heterocycles. The van der Waals surface area contributed by atoms with E-state index in [0.717, 1.165) is 16.4 Å². The third-order valence-corrected chi connectivity index (χ3v) is 6.80. The van der Waals surface area contributed by atoms with Crippen LogP contribution in [-0.2, 0) is 0 Å². The molecule has 7 rings (SSSR count).